The molecule has 0 aromatic heterocycles. The Labute approximate surface area is 147 Å². The molecule has 1 saturated carbocycles. The maximum absolute atomic E-state index is 12.9. The lowest BCUT2D eigenvalue weighted by Gasteiger charge is -2.38. The van der Waals surface area contributed by atoms with Gasteiger partial charge in [-0.05, 0) is 44.7 Å². The van der Waals surface area contributed by atoms with Crippen LogP contribution in [0.4, 0.5) is 0 Å². The summed E-state index contributed by atoms with van der Waals surface area (Å²) in [6, 6.07) is 0.249. The first-order valence-electron chi connectivity index (χ1n) is 9.10. The lowest BCUT2D eigenvalue weighted by molar-refractivity contribution is -0.137. The molecular formula is C18H35ClN2O2. The van der Waals surface area contributed by atoms with E-state index < -0.39 is 0 Å². The van der Waals surface area contributed by atoms with Crippen LogP contribution in [0.2, 0.25) is 0 Å². The van der Waals surface area contributed by atoms with E-state index >= 15 is 0 Å². The van der Waals surface area contributed by atoms with E-state index in [0.717, 1.165) is 31.8 Å². The number of hydrogen-bond acceptors (Lipinski definition) is 3. The molecule has 1 aliphatic heterocycles. The molecule has 2 rings (SSSR count). The van der Waals surface area contributed by atoms with Gasteiger partial charge in [0, 0.05) is 13.2 Å². The monoisotopic (exact) mass is 346 g/mol. The van der Waals surface area contributed by atoms with Gasteiger partial charge in [-0.15, -0.1) is 12.4 Å². The van der Waals surface area contributed by atoms with E-state index in [1.165, 1.54) is 32.1 Å². The molecule has 1 saturated heterocycles. The molecule has 2 fully saturated rings. The van der Waals surface area contributed by atoms with Crippen LogP contribution < -0.4 is 10.6 Å². The first-order valence-corrected chi connectivity index (χ1v) is 9.10. The first kappa shape index (κ1) is 20.7. The summed E-state index contributed by atoms with van der Waals surface area (Å²) < 4.78 is 5.38. The van der Waals surface area contributed by atoms with Crippen molar-refractivity contribution in [3.63, 3.8) is 0 Å². The highest BCUT2D eigenvalue weighted by atomic mass is 35.5. The van der Waals surface area contributed by atoms with Gasteiger partial charge in [0.05, 0.1) is 12.0 Å². The maximum atomic E-state index is 12.9. The summed E-state index contributed by atoms with van der Waals surface area (Å²) in [5.74, 6) is 1.53. The summed E-state index contributed by atoms with van der Waals surface area (Å²) >= 11 is 0. The van der Waals surface area contributed by atoms with Gasteiger partial charge in [-0.3, -0.25) is 4.79 Å². The van der Waals surface area contributed by atoms with Crippen LogP contribution in [0.25, 0.3) is 0 Å². The summed E-state index contributed by atoms with van der Waals surface area (Å²) in [5, 5.41) is 6.67. The molecule has 0 spiro atoms. The van der Waals surface area contributed by atoms with Crippen molar-refractivity contribution in [1.82, 2.24) is 10.6 Å². The number of amides is 1. The molecule has 23 heavy (non-hydrogen) atoms. The molecule has 1 heterocycles. The van der Waals surface area contributed by atoms with E-state index in [2.05, 4.69) is 24.5 Å². The van der Waals surface area contributed by atoms with Crippen molar-refractivity contribution >= 4 is 18.3 Å². The van der Waals surface area contributed by atoms with Crippen molar-refractivity contribution in [3.8, 4) is 0 Å². The number of rotatable bonds is 6. The Bertz CT molecular complexity index is 347. The molecule has 136 valence electrons. The minimum Gasteiger partial charge on any atom is -0.384 e. The number of methoxy groups -OCH3 is 1. The van der Waals surface area contributed by atoms with E-state index in [9.17, 15) is 4.79 Å². The molecule has 1 amide bonds. The summed E-state index contributed by atoms with van der Waals surface area (Å²) in [6.07, 6.45) is 8.50. The predicted octanol–water partition coefficient (Wildman–Crippen LogP) is 3.15. The Hall–Kier alpha value is -0.320. The molecular weight excluding hydrogens is 312 g/mol. The fourth-order valence-electron chi connectivity index (χ4n) is 4.18. The number of ether oxygens (including phenoxy) is 1. The average molecular weight is 347 g/mol. The van der Waals surface area contributed by atoms with Gasteiger partial charge in [0.25, 0.3) is 0 Å². The molecule has 1 aliphatic carbocycles. The zero-order chi connectivity index (χ0) is 16.0. The third kappa shape index (κ3) is 5.33. The van der Waals surface area contributed by atoms with Gasteiger partial charge in [-0.1, -0.05) is 39.0 Å². The van der Waals surface area contributed by atoms with Crippen molar-refractivity contribution in [2.24, 2.45) is 17.3 Å². The quantitative estimate of drug-likeness (QED) is 0.776. The predicted molar refractivity (Wildman–Crippen MR) is 97.0 cm³/mol. The van der Waals surface area contributed by atoms with E-state index in [1.54, 1.807) is 7.11 Å². The minimum absolute atomic E-state index is 0. The molecule has 0 bridgehead atoms. The maximum Gasteiger partial charge on any atom is 0.228 e. The zero-order valence-corrected chi connectivity index (χ0v) is 15.8. The van der Waals surface area contributed by atoms with Crippen molar-refractivity contribution in [2.75, 3.05) is 26.8 Å². The number of halogens is 1. The molecule has 2 aliphatic rings. The zero-order valence-electron chi connectivity index (χ0n) is 15.0. The molecule has 0 radical (unpaired) electrons. The molecule has 2 unspecified atom stereocenters. The highest BCUT2D eigenvalue weighted by Gasteiger charge is 2.40. The molecule has 2 atom stereocenters. The fraction of sp³-hybridized carbons (Fsp3) is 0.944. The Balaban J connectivity index is 0.00000264. The van der Waals surface area contributed by atoms with E-state index in [-0.39, 0.29) is 29.8 Å². The van der Waals surface area contributed by atoms with Crippen molar-refractivity contribution in [3.05, 3.63) is 0 Å². The van der Waals surface area contributed by atoms with Crippen LogP contribution in [0, 0.1) is 17.3 Å². The van der Waals surface area contributed by atoms with Crippen molar-refractivity contribution in [1.29, 1.82) is 0 Å². The molecule has 4 nitrogen and oxygen atoms in total. The molecule has 2 N–H and O–H groups in total. The first-order chi connectivity index (χ1) is 10.6. The van der Waals surface area contributed by atoms with Gasteiger partial charge in [0.15, 0.2) is 0 Å². The topological polar surface area (TPSA) is 50.4 Å². The number of piperidine rings is 1. The highest BCUT2D eigenvalue weighted by molar-refractivity contribution is 5.85. The van der Waals surface area contributed by atoms with Crippen LogP contribution in [0.1, 0.15) is 58.8 Å². The smallest absolute Gasteiger partial charge is 0.228 e. The van der Waals surface area contributed by atoms with Crippen LogP contribution >= 0.6 is 12.4 Å². The second kappa shape index (κ2) is 9.85. The Morgan fingerprint density at radius 3 is 2.39 bits per heavy atom. The second-order valence-corrected chi connectivity index (χ2v) is 7.48. The van der Waals surface area contributed by atoms with Crippen LogP contribution in [0.15, 0.2) is 0 Å². The van der Waals surface area contributed by atoms with Gasteiger partial charge in [0.2, 0.25) is 5.91 Å². The van der Waals surface area contributed by atoms with Gasteiger partial charge in [0.1, 0.15) is 0 Å². The van der Waals surface area contributed by atoms with E-state index in [4.69, 9.17) is 4.74 Å². The Morgan fingerprint density at radius 2 is 1.83 bits per heavy atom. The van der Waals surface area contributed by atoms with Gasteiger partial charge in [-0.2, -0.15) is 0 Å². The molecule has 5 heteroatoms. The summed E-state index contributed by atoms with van der Waals surface area (Å²) in [7, 11) is 1.70. The SMILES string of the molecule is COCC1(C(=O)NC(C)C(C)C2CCCCC2)CCNCC1.Cl. The third-order valence-electron chi connectivity index (χ3n) is 6.00. The Kier molecular flexibility index (Phi) is 8.88. The highest BCUT2D eigenvalue weighted by Crippen LogP contribution is 2.33. The molecule has 0 aromatic carbocycles. The summed E-state index contributed by atoms with van der Waals surface area (Å²) in [5.41, 5.74) is -0.333. The number of hydrogen-bond donors (Lipinski definition) is 2. The number of carbonyl (C=O) groups is 1. The second-order valence-electron chi connectivity index (χ2n) is 7.48. The fourth-order valence-corrected chi connectivity index (χ4v) is 4.18. The van der Waals surface area contributed by atoms with Gasteiger partial charge >= 0.3 is 0 Å². The van der Waals surface area contributed by atoms with Crippen LogP contribution in [0.5, 0.6) is 0 Å². The largest absolute Gasteiger partial charge is 0.384 e. The number of nitrogens with one attached hydrogen (secondary N) is 2. The van der Waals surface area contributed by atoms with E-state index in [0.29, 0.717) is 12.5 Å². The standard InChI is InChI=1S/C18H34N2O2.ClH/c1-14(16-7-5-4-6-8-16)15(2)20-17(21)18(13-22-3)9-11-19-12-10-18;/h14-16,19H,4-13H2,1-3H3,(H,20,21);1H. The number of carbonyl (C=O) groups excluding carboxylic acids is 1. The van der Waals surface area contributed by atoms with Gasteiger partial charge in [-0.25, -0.2) is 0 Å². The average Bonchev–Trinajstić information content (AvgIpc) is 2.56. The minimum atomic E-state index is -0.333. The van der Waals surface area contributed by atoms with Crippen molar-refractivity contribution in [2.45, 2.75) is 64.8 Å². The van der Waals surface area contributed by atoms with Crippen LogP contribution in [-0.2, 0) is 9.53 Å². The van der Waals surface area contributed by atoms with Gasteiger partial charge < -0.3 is 15.4 Å². The normalized spacial score (nSPS) is 24.3. The summed E-state index contributed by atoms with van der Waals surface area (Å²) in [4.78, 5) is 12.9. The van der Waals surface area contributed by atoms with Crippen molar-refractivity contribution < 1.29 is 9.53 Å². The lowest BCUT2D eigenvalue weighted by Crippen LogP contribution is -2.53. The van der Waals surface area contributed by atoms with E-state index in [1.807, 2.05) is 0 Å². The molecule has 0 aromatic rings. The summed E-state index contributed by atoms with van der Waals surface area (Å²) in [6.45, 7) is 6.84. The van der Waals surface area contributed by atoms with Crippen LogP contribution in [0.3, 0.4) is 0 Å². The van der Waals surface area contributed by atoms with Crippen LogP contribution in [-0.4, -0.2) is 38.8 Å². The third-order valence-corrected chi connectivity index (χ3v) is 6.00. The lowest BCUT2D eigenvalue weighted by atomic mass is 9.76. The Morgan fingerprint density at radius 1 is 1.22 bits per heavy atom.